The van der Waals surface area contributed by atoms with Crippen LogP contribution in [0.25, 0.3) is 10.9 Å². The number of nitrogens with zero attached hydrogens (tertiary/aromatic N) is 3. The van der Waals surface area contributed by atoms with E-state index in [1.54, 1.807) is 18.2 Å². The lowest BCUT2D eigenvalue weighted by atomic mass is 10.1. The summed E-state index contributed by atoms with van der Waals surface area (Å²) < 4.78 is 29.2. The fraction of sp³-hybridized carbons (Fsp3) is 0.333. The Morgan fingerprint density at radius 1 is 1.18 bits per heavy atom. The molecule has 1 N–H and O–H groups in total. The van der Waals surface area contributed by atoms with Gasteiger partial charge in [-0.15, -0.1) is 0 Å². The summed E-state index contributed by atoms with van der Waals surface area (Å²) in [5, 5.41) is 9.96. The highest BCUT2D eigenvalue weighted by atomic mass is 19.1. The third kappa shape index (κ3) is 3.43. The fourth-order valence-corrected chi connectivity index (χ4v) is 3.95. The molecule has 28 heavy (non-hydrogen) atoms. The van der Waals surface area contributed by atoms with Gasteiger partial charge >= 0.3 is 0 Å². The number of fused-ring (bicyclic) bond motifs is 1. The van der Waals surface area contributed by atoms with E-state index in [4.69, 9.17) is 4.98 Å². The van der Waals surface area contributed by atoms with Gasteiger partial charge in [0.25, 0.3) is 5.56 Å². The molecule has 1 aliphatic heterocycles. The van der Waals surface area contributed by atoms with Crippen LogP contribution in [0.3, 0.4) is 0 Å². The van der Waals surface area contributed by atoms with Crippen LogP contribution < -0.4 is 5.56 Å². The highest BCUT2D eigenvalue weighted by molar-refractivity contribution is 5.77. The van der Waals surface area contributed by atoms with Gasteiger partial charge in [-0.1, -0.05) is 12.1 Å². The molecule has 1 saturated heterocycles. The topological polar surface area (TPSA) is 58.4 Å². The standard InChI is InChI=1S/C21H21F2N3O2/c22-15-7-8-17(23)14(12-15)13-25-9-3-6-19(25)20-24-18-5-2-1-4-16(18)21(28)26(20)10-11-27/h1-2,4-5,7-8,12,19,27H,3,6,9-11,13H2. The summed E-state index contributed by atoms with van der Waals surface area (Å²) in [5.74, 6) is -0.369. The monoisotopic (exact) mass is 385 g/mol. The summed E-state index contributed by atoms with van der Waals surface area (Å²) in [4.78, 5) is 19.7. The first-order chi connectivity index (χ1) is 13.6. The molecule has 0 bridgehead atoms. The van der Waals surface area contributed by atoms with Gasteiger partial charge in [-0.2, -0.15) is 0 Å². The lowest BCUT2D eigenvalue weighted by Gasteiger charge is -2.26. The second-order valence-electron chi connectivity index (χ2n) is 7.03. The molecule has 1 aliphatic rings. The third-order valence-electron chi connectivity index (χ3n) is 5.26. The van der Waals surface area contributed by atoms with Crippen LogP contribution in [-0.4, -0.2) is 32.7 Å². The largest absolute Gasteiger partial charge is 0.395 e. The fourth-order valence-electron chi connectivity index (χ4n) is 3.95. The number of benzene rings is 2. The van der Waals surface area contributed by atoms with Crippen molar-refractivity contribution in [2.75, 3.05) is 13.2 Å². The Labute approximate surface area is 160 Å². The Hall–Kier alpha value is -2.64. The number of para-hydroxylation sites is 1. The van der Waals surface area contributed by atoms with E-state index < -0.39 is 11.6 Å². The maximum atomic E-state index is 14.1. The van der Waals surface area contributed by atoms with Crippen LogP contribution in [0, 0.1) is 11.6 Å². The van der Waals surface area contributed by atoms with Crippen molar-refractivity contribution in [3.8, 4) is 0 Å². The summed E-state index contributed by atoms with van der Waals surface area (Å²) >= 11 is 0. The Balaban J connectivity index is 1.76. The lowest BCUT2D eigenvalue weighted by Crippen LogP contribution is -2.33. The molecule has 2 aromatic carbocycles. The van der Waals surface area contributed by atoms with Gasteiger partial charge in [-0.3, -0.25) is 14.3 Å². The summed E-state index contributed by atoms with van der Waals surface area (Å²) in [7, 11) is 0. The molecule has 7 heteroatoms. The smallest absolute Gasteiger partial charge is 0.261 e. The normalized spacial score (nSPS) is 17.5. The lowest BCUT2D eigenvalue weighted by molar-refractivity contribution is 0.221. The van der Waals surface area contributed by atoms with E-state index in [1.807, 2.05) is 11.0 Å². The second kappa shape index (κ2) is 7.77. The van der Waals surface area contributed by atoms with Crippen LogP contribution in [0.1, 0.15) is 30.3 Å². The summed E-state index contributed by atoms with van der Waals surface area (Å²) in [6.45, 7) is 0.890. The molecular formula is C21H21F2N3O2. The van der Waals surface area contributed by atoms with Crippen molar-refractivity contribution in [3.63, 3.8) is 0 Å². The molecular weight excluding hydrogens is 364 g/mol. The van der Waals surface area contributed by atoms with E-state index in [1.165, 1.54) is 10.6 Å². The quantitative estimate of drug-likeness (QED) is 0.734. The summed E-state index contributed by atoms with van der Waals surface area (Å²) in [5.41, 5.74) is 0.683. The average Bonchev–Trinajstić information content (AvgIpc) is 3.15. The molecule has 0 amide bonds. The number of hydrogen-bond acceptors (Lipinski definition) is 4. The zero-order valence-electron chi connectivity index (χ0n) is 15.3. The van der Waals surface area contributed by atoms with Gasteiger partial charge in [0, 0.05) is 12.1 Å². The molecule has 1 unspecified atom stereocenters. The van der Waals surface area contributed by atoms with E-state index in [0.717, 1.165) is 25.0 Å². The van der Waals surface area contributed by atoms with Gasteiger partial charge in [0.15, 0.2) is 0 Å². The molecule has 0 radical (unpaired) electrons. The van der Waals surface area contributed by atoms with Gasteiger partial charge in [0.2, 0.25) is 0 Å². The molecule has 4 rings (SSSR count). The molecule has 5 nitrogen and oxygen atoms in total. The van der Waals surface area contributed by atoms with Gasteiger partial charge < -0.3 is 5.11 Å². The maximum absolute atomic E-state index is 14.1. The Kier molecular flexibility index (Phi) is 5.19. The highest BCUT2D eigenvalue weighted by Crippen LogP contribution is 2.33. The molecule has 3 aromatic rings. The van der Waals surface area contributed by atoms with Gasteiger partial charge in [-0.05, 0) is 49.7 Å². The Morgan fingerprint density at radius 2 is 2.00 bits per heavy atom. The Bertz CT molecular complexity index is 1070. The summed E-state index contributed by atoms with van der Waals surface area (Å²) in [6, 6.07) is 10.3. The van der Waals surface area contributed by atoms with E-state index in [9.17, 15) is 18.7 Å². The van der Waals surface area contributed by atoms with Crippen LogP contribution in [0.5, 0.6) is 0 Å². The molecule has 1 fully saturated rings. The minimum Gasteiger partial charge on any atom is -0.395 e. The number of rotatable bonds is 5. The van der Waals surface area contributed by atoms with Gasteiger partial charge in [0.05, 0.1) is 30.1 Å². The van der Waals surface area contributed by atoms with Crippen molar-refractivity contribution in [1.82, 2.24) is 14.5 Å². The van der Waals surface area contributed by atoms with E-state index in [2.05, 4.69) is 0 Å². The predicted molar refractivity (Wildman–Crippen MR) is 102 cm³/mol. The molecule has 0 spiro atoms. The molecule has 1 aromatic heterocycles. The van der Waals surface area contributed by atoms with Crippen molar-refractivity contribution in [3.05, 3.63) is 75.8 Å². The highest BCUT2D eigenvalue weighted by Gasteiger charge is 2.31. The van der Waals surface area contributed by atoms with E-state index in [0.29, 0.717) is 23.3 Å². The van der Waals surface area contributed by atoms with Crippen LogP contribution in [-0.2, 0) is 13.1 Å². The third-order valence-corrected chi connectivity index (χ3v) is 5.26. The van der Waals surface area contributed by atoms with Crippen molar-refractivity contribution in [2.45, 2.75) is 32.0 Å². The van der Waals surface area contributed by atoms with Crippen molar-refractivity contribution < 1.29 is 13.9 Å². The first kappa shape index (κ1) is 18.7. The van der Waals surface area contributed by atoms with Gasteiger partial charge in [0.1, 0.15) is 17.5 Å². The predicted octanol–water partition coefficient (Wildman–Crippen LogP) is 3.00. The van der Waals surface area contributed by atoms with Crippen LogP contribution in [0.2, 0.25) is 0 Å². The first-order valence-corrected chi connectivity index (χ1v) is 9.37. The second-order valence-corrected chi connectivity index (χ2v) is 7.03. The summed E-state index contributed by atoms with van der Waals surface area (Å²) in [6.07, 6.45) is 1.62. The molecule has 0 saturated carbocycles. The zero-order chi connectivity index (χ0) is 19.7. The van der Waals surface area contributed by atoms with E-state index >= 15 is 0 Å². The molecule has 146 valence electrons. The number of aliphatic hydroxyl groups excluding tert-OH is 1. The van der Waals surface area contributed by atoms with Crippen LogP contribution in [0.15, 0.2) is 47.3 Å². The van der Waals surface area contributed by atoms with Crippen LogP contribution >= 0.6 is 0 Å². The molecule has 0 aliphatic carbocycles. The van der Waals surface area contributed by atoms with Crippen molar-refractivity contribution in [2.24, 2.45) is 0 Å². The minimum atomic E-state index is -0.479. The Morgan fingerprint density at radius 3 is 2.82 bits per heavy atom. The van der Waals surface area contributed by atoms with Crippen LogP contribution in [0.4, 0.5) is 8.78 Å². The average molecular weight is 385 g/mol. The first-order valence-electron chi connectivity index (χ1n) is 9.37. The molecule has 1 atom stereocenters. The number of likely N-dealkylation sites (tertiary alicyclic amines) is 1. The number of aliphatic hydroxyl groups is 1. The maximum Gasteiger partial charge on any atom is 0.261 e. The number of halogens is 2. The van der Waals surface area contributed by atoms with Crippen molar-refractivity contribution in [1.29, 1.82) is 0 Å². The molecule has 2 heterocycles. The number of hydrogen-bond donors (Lipinski definition) is 1. The van der Waals surface area contributed by atoms with Gasteiger partial charge in [-0.25, -0.2) is 13.8 Å². The van der Waals surface area contributed by atoms with Crippen molar-refractivity contribution >= 4 is 10.9 Å². The zero-order valence-corrected chi connectivity index (χ0v) is 15.3. The van der Waals surface area contributed by atoms with E-state index in [-0.39, 0.29) is 36.9 Å². The minimum absolute atomic E-state index is 0.144. The number of aromatic nitrogens is 2. The SMILES string of the molecule is O=c1c2ccccc2nc(C2CCCN2Cc2cc(F)ccc2F)n1CCO.